The molecule has 6 heteroatoms. The molecule has 0 unspecified atom stereocenters. The van der Waals surface area contributed by atoms with Gasteiger partial charge in [-0.2, -0.15) is 4.98 Å². The van der Waals surface area contributed by atoms with E-state index in [4.69, 9.17) is 21.0 Å². The minimum atomic E-state index is -0.133. The highest BCUT2D eigenvalue weighted by Crippen LogP contribution is 2.19. The average molecular weight is 258 g/mol. The van der Waals surface area contributed by atoms with Gasteiger partial charge in [0.25, 0.3) is 0 Å². The number of nitrogens with two attached hydrogens (primary N) is 1. The monoisotopic (exact) mass is 258 g/mol. The number of ether oxygens (including phenoxy) is 1. The predicted octanol–water partition coefficient (Wildman–Crippen LogP) is 1.35. The van der Waals surface area contributed by atoms with Gasteiger partial charge in [0, 0.05) is 5.69 Å². The van der Waals surface area contributed by atoms with Crippen LogP contribution in [-0.4, -0.2) is 20.9 Å². The van der Waals surface area contributed by atoms with Gasteiger partial charge in [0.2, 0.25) is 0 Å². The quantitative estimate of drug-likeness (QED) is 0.567. The average Bonchev–Trinajstić information content (AvgIpc) is 2.39. The van der Waals surface area contributed by atoms with Crippen molar-refractivity contribution in [2.75, 3.05) is 0 Å². The van der Waals surface area contributed by atoms with Crippen molar-refractivity contribution >= 4 is 5.84 Å². The van der Waals surface area contributed by atoms with Gasteiger partial charge in [0.1, 0.15) is 17.3 Å². The Morgan fingerprint density at radius 2 is 2.00 bits per heavy atom. The molecule has 2 rings (SSSR count). The highest BCUT2D eigenvalue weighted by Gasteiger charge is 2.06. The number of aliphatic hydroxyl groups excluding tert-OH is 1. The molecule has 1 aromatic heterocycles. The molecule has 0 bridgehead atoms. The van der Waals surface area contributed by atoms with Gasteiger partial charge in [-0.15, -0.1) is 0 Å². The number of hydrogen-bond acceptors (Lipinski definition) is 5. The van der Waals surface area contributed by atoms with E-state index in [1.165, 1.54) is 0 Å². The third-order valence-electron chi connectivity index (χ3n) is 2.42. The van der Waals surface area contributed by atoms with Crippen molar-refractivity contribution in [1.29, 1.82) is 5.41 Å². The summed E-state index contributed by atoms with van der Waals surface area (Å²) >= 11 is 0. The van der Waals surface area contributed by atoms with E-state index in [1.54, 1.807) is 37.3 Å². The molecular weight excluding hydrogens is 244 g/mol. The molecule has 4 N–H and O–H groups in total. The van der Waals surface area contributed by atoms with Crippen LogP contribution >= 0.6 is 0 Å². The second-order valence-electron chi connectivity index (χ2n) is 3.99. The SMILES string of the molecule is Cc1cc(C(=N)N)nc(Oc2ccc(CO)cc2)n1. The van der Waals surface area contributed by atoms with Gasteiger partial charge in [-0.3, -0.25) is 5.41 Å². The summed E-state index contributed by atoms with van der Waals surface area (Å²) in [7, 11) is 0. The molecule has 0 fully saturated rings. The van der Waals surface area contributed by atoms with E-state index in [1.807, 2.05) is 0 Å². The normalized spacial score (nSPS) is 10.2. The first-order valence-corrected chi connectivity index (χ1v) is 5.66. The minimum Gasteiger partial charge on any atom is -0.424 e. The topological polar surface area (TPSA) is 105 Å². The third-order valence-corrected chi connectivity index (χ3v) is 2.42. The first-order valence-electron chi connectivity index (χ1n) is 5.66. The summed E-state index contributed by atoms with van der Waals surface area (Å²) < 4.78 is 5.49. The van der Waals surface area contributed by atoms with Gasteiger partial charge in [-0.25, -0.2) is 4.98 Å². The van der Waals surface area contributed by atoms with Gasteiger partial charge in [-0.1, -0.05) is 12.1 Å². The first-order chi connectivity index (χ1) is 9.08. The van der Waals surface area contributed by atoms with E-state index in [0.29, 0.717) is 17.1 Å². The number of aromatic nitrogens is 2. The van der Waals surface area contributed by atoms with Gasteiger partial charge >= 0.3 is 6.01 Å². The second-order valence-corrected chi connectivity index (χ2v) is 3.99. The summed E-state index contributed by atoms with van der Waals surface area (Å²) in [6, 6.07) is 8.68. The standard InChI is InChI=1S/C13H14N4O2/c1-8-6-11(12(14)15)17-13(16-8)19-10-4-2-9(7-18)3-5-10/h2-6,18H,7H2,1H3,(H3,14,15). The molecule has 6 nitrogen and oxygen atoms in total. The zero-order chi connectivity index (χ0) is 13.8. The third kappa shape index (κ3) is 3.26. The van der Waals surface area contributed by atoms with Crippen LogP contribution in [0.3, 0.4) is 0 Å². The van der Waals surface area contributed by atoms with Crippen LogP contribution in [0.2, 0.25) is 0 Å². The lowest BCUT2D eigenvalue weighted by molar-refractivity contribution is 0.281. The number of nitrogens with zero attached hydrogens (tertiary/aromatic N) is 2. The van der Waals surface area contributed by atoms with E-state index in [-0.39, 0.29) is 18.5 Å². The lowest BCUT2D eigenvalue weighted by atomic mass is 10.2. The molecular formula is C13H14N4O2. The molecule has 1 heterocycles. The zero-order valence-corrected chi connectivity index (χ0v) is 10.4. The van der Waals surface area contributed by atoms with E-state index >= 15 is 0 Å². The number of amidine groups is 1. The van der Waals surface area contributed by atoms with E-state index < -0.39 is 0 Å². The summed E-state index contributed by atoms with van der Waals surface area (Å²) in [6.07, 6.45) is 0. The van der Waals surface area contributed by atoms with Crippen LogP contribution in [-0.2, 0) is 6.61 Å². The first kappa shape index (κ1) is 13.0. The Labute approximate surface area is 110 Å². The molecule has 0 aliphatic rings. The number of nitrogen functional groups attached to an aromatic ring is 1. The van der Waals surface area contributed by atoms with Crippen LogP contribution < -0.4 is 10.5 Å². The Hall–Kier alpha value is -2.47. The maximum Gasteiger partial charge on any atom is 0.322 e. The Morgan fingerprint density at radius 1 is 1.32 bits per heavy atom. The zero-order valence-electron chi connectivity index (χ0n) is 10.4. The van der Waals surface area contributed by atoms with Crippen molar-refractivity contribution in [3.8, 4) is 11.8 Å². The van der Waals surface area contributed by atoms with Crippen LogP contribution in [0.4, 0.5) is 0 Å². The fraction of sp³-hybridized carbons (Fsp3) is 0.154. The van der Waals surface area contributed by atoms with Crippen molar-refractivity contribution in [1.82, 2.24) is 9.97 Å². The number of aryl methyl sites for hydroxylation is 1. The Bertz CT molecular complexity index is 596. The molecule has 0 spiro atoms. The Kier molecular flexibility index (Phi) is 3.72. The van der Waals surface area contributed by atoms with E-state index in [2.05, 4.69) is 9.97 Å². The predicted molar refractivity (Wildman–Crippen MR) is 70.2 cm³/mol. The van der Waals surface area contributed by atoms with Crippen molar-refractivity contribution in [3.63, 3.8) is 0 Å². The smallest absolute Gasteiger partial charge is 0.322 e. The number of aliphatic hydroxyl groups is 1. The summed E-state index contributed by atoms with van der Waals surface area (Å²) in [4.78, 5) is 8.16. The summed E-state index contributed by atoms with van der Waals surface area (Å²) in [5.74, 6) is 0.420. The molecule has 0 aliphatic heterocycles. The molecule has 1 aromatic carbocycles. The lowest BCUT2D eigenvalue weighted by Gasteiger charge is -2.07. The molecule has 2 aromatic rings. The van der Waals surface area contributed by atoms with Crippen LogP contribution in [0.15, 0.2) is 30.3 Å². The van der Waals surface area contributed by atoms with Gasteiger partial charge in [-0.05, 0) is 30.7 Å². The highest BCUT2D eigenvalue weighted by atomic mass is 16.5. The van der Waals surface area contributed by atoms with Crippen molar-refractivity contribution in [2.24, 2.45) is 5.73 Å². The number of hydrogen-bond donors (Lipinski definition) is 3. The van der Waals surface area contributed by atoms with E-state index in [9.17, 15) is 0 Å². The maximum absolute atomic E-state index is 8.95. The molecule has 0 aliphatic carbocycles. The summed E-state index contributed by atoms with van der Waals surface area (Å²) in [5.41, 5.74) is 7.18. The van der Waals surface area contributed by atoms with E-state index in [0.717, 1.165) is 5.56 Å². The molecule has 0 saturated heterocycles. The number of nitrogens with one attached hydrogen (secondary N) is 1. The van der Waals surface area contributed by atoms with Crippen LogP contribution in [0.25, 0.3) is 0 Å². The van der Waals surface area contributed by atoms with Gasteiger partial charge < -0.3 is 15.6 Å². The molecule has 0 radical (unpaired) electrons. The Morgan fingerprint density at radius 3 is 2.58 bits per heavy atom. The van der Waals surface area contributed by atoms with Gasteiger partial charge in [0.15, 0.2) is 0 Å². The van der Waals surface area contributed by atoms with Crippen molar-refractivity contribution in [2.45, 2.75) is 13.5 Å². The molecule has 98 valence electrons. The minimum absolute atomic E-state index is 0.0181. The Balaban J connectivity index is 2.24. The summed E-state index contributed by atoms with van der Waals surface area (Å²) in [5, 5.41) is 16.3. The fourth-order valence-corrected chi connectivity index (χ4v) is 1.49. The maximum atomic E-state index is 8.95. The lowest BCUT2D eigenvalue weighted by Crippen LogP contribution is -2.14. The number of benzene rings is 1. The molecule has 19 heavy (non-hydrogen) atoms. The fourth-order valence-electron chi connectivity index (χ4n) is 1.49. The van der Waals surface area contributed by atoms with Crippen LogP contribution in [0.5, 0.6) is 11.8 Å². The second kappa shape index (κ2) is 5.45. The van der Waals surface area contributed by atoms with Crippen LogP contribution in [0, 0.1) is 12.3 Å². The molecule has 0 atom stereocenters. The molecule has 0 amide bonds. The van der Waals surface area contributed by atoms with Crippen LogP contribution in [0.1, 0.15) is 17.0 Å². The number of rotatable bonds is 4. The molecule has 0 saturated carbocycles. The largest absolute Gasteiger partial charge is 0.424 e. The van der Waals surface area contributed by atoms with Crippen molar-refractivity contribution in [3.05, 3.63) is 47.3 Å². The van der Waals surface area contributed by atoms with Crippen molar-refractivity contribution < 1.29 is 9.84 Å². The van der Waals surface area contributed by atoms with Gasteiger partial charge in [0.05, 0.1) is 6.61 Å². The highest BCUT2D eigenvalue weighted by molar-refractivity contribution is 5.93. The summed E-state index contributed by atoms with van der Waals surface area (Å²) in [6.45, 7) is 1.76.